The van der Waals surface area contributed by atoms with Gasteiger partial charge in [-0.2, -0.15) is 0 Å². The molecule has 6 nitrogen and oxygen atoms in total. The summed E-state index contributed by atoms with van der Waals surface area (Å²) in [4.78, 5) is 13.2. The van der Waals surface area contributed by atoms with E-state index in [9.17, 15) is 34.7 Å². The zero-order valence-corrected chi connectivity index (χ0v) is 21.2. The van der Waals surface area contributed by atoms with Crippen LogP contribution >= 0.6 is 0 Å². The van der Waals surface area contributed by atoms with Crippen LogP contribution in [0, 0.1) is 28.6 Å². The molecule has 0 saturated heterocycles. The van der Waals surface area contributed by atoms with Gasteiger partial charge in [-0.05, 0) is 101 Å². The van der Waals surface area contributed by atoms with E-state index in [4.69, 9.17) is 0 Å². The second kappa shape index (κ2) is 8.07. The lowest BCUT2D eigenvalue weighted by molar-refractivity contribution is -0.176. The molecule has 5 N–H and O–H groups in total. The molecule has 1 unspecified atom stereocenters. The normalized spacial score (nSPS) is 47.2. The Bertz CT molecular complexity index is 864. The summed E-state index contributed by atoms with van der Waals surface area (Å²) >= 11 is 0. The van der Waals surface area contributed by atoms with E-state index >= 15 is 0 Å². The van der Waals surface area contributed by atoms with Crippen molar-refractivity contribution in [2.24, 2.45) is 28.6 Å². The van der Waals surface area contributed by atoms with Crippen LogP contribution in [0.2, 0.25) is 0 Å². The fourth-order valence-electron chi connectivity index (χ4n) is 8.31. The molecule has 0 aromatic carbocycles. The number of hydrogen-bond donors (Lipinski definition) is 5. The summed E-state index contributed by atoms with van der Waals surface area (Å²) in [5.41, 5.74) is -4.91. The van der Waals surface area contributed by atoms with E-state index in [1.54, 1.807) is 13.0 Å². The Hall–Kier alpha value is -0.860. The van der Waals surface area contributed by atoms with Gasteiger partial charge in [0.05, 0.1) is 29.5 Å². The van der Waals surface area contributed by atoms with Gasteiger partial charge in [0, 0.05) is 11.3 Å². The molecule has 4 aliphatic carbocycles. The summed E-state index contributed by atoms with van der Waals surface area (Å²) in [5.74, 6) is -1.03. The number of aliphatic hydroxyl groups excluding tert-OH is 3. The van der Waals surface area contributed by atoms with Crippen molar-refractivity contribution in [3.05, 3.63) is 11.6 Å². The maximum Gasteiger partial charge on any atom is 0.159 e. The Morgan fingerprint density at radius 2 is 1.76 bits per heavy atom. The molecule has 4 rings (SSSR count). The third kappa shape index (κ3) is 3.73. The van der Waals surface area contributed by atoms with Gasteiger partial charge in [-0.3, -0.25) is 4.79 Å². The maximum atomic E-state index is 14.1. The van der Waals surface area contributed by atoms with Crippen LogP contribution in [0.4, 0.5) is 4.39 Å². The smallest absolute Gasteiger partial charge is 0.159 e. The van der Waals surface area contributed by atoms with Crippen molar-refractivity contribution >= 4 is 5.78 Å². The molecule has 0 aromatic rings. The number of ketones is 1. The van der Waals surface area contributed by atoms with Crippen LogP contribution in [-0.2, 0) is 4.79 Å². The summed E-state index contributed by atoms with van der Waals surface area (Å²) in [6, 6.07) is 0. The van der Waals surface area contributed by atoms with Gasteiger partial charge in [0.15, 0.2) is 5.78 Å². The van der Waals surface area contributed by atoms with E-state index in [1.165, 1.54) is 13.8 Å². The first kappa shape index (κ1) is 26.2. The highest BCUT2D eigenvalue weighted by molar-refractivity contribution is 5.95. The van der Waals surface area contributed by atoms with Gasteiger partial charge in [-0.15, -0.1) is 0 Å². The van der Waals surface area contributed by atoms with Gasteiger partial charge in [0.1, 0.15) is 5.67 Å². The average molecular weight is 483 g/mol. The van der Waals surface area contributed by atoms with Gasteiger partial charge in [-0.25, -0.2) is 4.39 Å². The van der Waals surface area contributed by atoms with E-state index in [2.05, 4.69) is 0 Å². The number of hydrogen-bond acceptors (Lipinski definition) is 6. The lowest BCUT2D eigenvalue weighted by atomic mass is 9.45. The minimum absolute atomic E-state index is 0.101. The SMILES string of the molecule is CC(C)(F)CC[C@@H](O)[C@](C)(O)C1CC[C@@]2(O)C3=CC(=O)[C@@H]4C[C@@H](O)[C@@H](O)C[C@]4(C)[C@H]3CC[C@]12C. The van der Waals surface area contributed by atoms with Crippen molar-refractivity contribution in [1.82, 2.24) is 0 Å². The van der Waals surface area contributed by atoms with Crippen LogP contribution in [0.15, 0.2) is 11.6 Å². The van der Waals surface area contributed by atoms with Crippen LogP contribution in [0.5, 0.6) is 0 Å². The second-order valence-electron chi connectivity index (χ2n) is 13.1. The molecular weight excluding hydrogens is 439 g/mol. The molecule has 0 heterocycles. The molecule has 0 radical (unpaired) electrons. The van der Waals surface area contributed by atoms with Crippen molar-refractivity contribution in [2.45, 2.75) is 121 Å². The zero-order chi connectivity index (χ0) is 25.5. The van der Waals surface area contributed by atoms with Crippen LogP contribution in [0.25, 0.3) is 0 Å². The number of allylic oxidation sites excluding steroid dienone is 1. The molecule has 10 atom stereocenters. The van der Waals surface area contributed by atoms with Gasteiger partial charge in [-0.1, -0.05) is 13.8 Å². The number of aliphatic hydroxyl groups is 5. The highest BCUT2D eigenvalue weighted by atomic mass is 19.1. The van der Waals surface area contributed by atoms with Crippen LogP contribution in [0.1, 0.15) is 86.0 Å². The number of alkyl halides is 1. The second-order valence-corrected chi connectivity index (χ2v) is 13.1. The number of carbonyl (C=O) groups is 1. The highest BCUT2D eigenvalue weighted by Crippen LogP contribution is 2.68. The van der Waals surface area contributed by atoms with E-state index < -0.39 is 57.8 Å². The van der Waals surface area contributed by atoms with Crippen molar-refractivity contribution < 1.29 is 34.7 Å². The first-order valence-electron chi connectivity index (χ1n) is 12.9. The van der Waals surface area contributed by atoms with Gasteiger partial charge < -0.3 is 25.5 Å². The molecule has 0 amide bonds. The molecule has 0 bridgehead atoms. The number of carbonyl (C=O) groups excluding carboxylic acids is 1. The average Bonchev–Trinajstić information content (AvgIpc) is 3.00. The predicted octanol–water partition coefficient (Wildman–Crippen LogP) is 2.83. The third-order valence-electron chi connectivity index (χ3n) is 10.5. The maximum absolute atomic E-state index is 14.1. The molecular formula is C27H43FO6. The van der Waals surface area contributed by atoms with Crippen LogP contribution in [0.3, 0.4) is 0 Å². The summed E-state index contributed by atoms with van der Waals surface area (Å²) in [5, 5.41) is 55.3. The van der Waals surface area contributed by atoms with E-state index in [0.29, 0.717) is 37.7 Å². The molecule has 194 valence electrons. The van der Waals surface area contributed by atoms with E-state index in [0.717, 1.165) is 0 Å². The molecule has 0 aromatic heterocycles. The van der Waals surface area contributed by atoms with Crippen LogP contribution in [-0.4, -0.2) is 66.5 Å². The molecule has 0 spiro atoms. The minimum atomic E-state index is -1.52. The standard InChI is InChI=1S/C27H43FO6/c1-23(2,28)9-8-22(32)26(5,33)21-7-11-27(34)16-12-18(29)17-13-19(30)20(31)14-24(17,3)15(16)6-10-25(21,27)4/h12,15,17,19-22,30-34H,6-11,13-14H2,1-5H3/t15-,17-,19+,20-,21?,22+,24+,25+,26+,27+/m0/s1. The van der Waals surface area contributed by atoms with Crippen molar-refractivity contribution in [3.8, 4) is 0 Å². The first-order chi connectivity index (χ1) is 15.5. The topological polar surface area (TPSA) is 118 Å². The Labute approximate surface area is 202 Å². The van der Waals surface area contributed by atoms with Gasteiger partial charge >= 0.3 is 0 Å². The van der Waals surface area contributed by atoms with E-state index in [1.807, 2.05) is 13.8 Å². The number of rotatable bonds is 5. The Balaban J connectivity index is 1.66. The third-order valence-corrected chi connectivity index (χ3v) is 10.5. The largest absolute Gasteiger partial charge is 0.390 e. The highest BCUT2D eigenvalue weighted by Gasteiger charge is 2.69. The molecule has 0 aliphatic heterocycles. The first-order valence-corrected chi connectivity index (χ1v) is 12.9. The Morgan fingerprint density at radius 1 is 1.12 bits per heavy atom. The summed E-state index contributed by atoms with van der Waals surface area (Å²) in [6.45, 7) is 8.44. The summed E-state index contributed by atoms with van der Waals surface area (Å²) in [7, 11) is 0. The zero-order valence-electron chi connectivity index (χ0n) is 21.2. The molecule has 7 heteroatoms. The van der Waals surface area contributed by atoms with E-state index in [-0.39, 0.29) is 31.0 Å². The fraction of sp³-hybridized carbons (Fsp3) is 0.889. The monoisotopic (exact) mass is 482 g/mol. The predicted molar refractivity (Wildman–Crippen MR) is 125 cm³/mol. The summed E-state index contributed by atoms with van der Waals surface area (Å²) < 4.78 is 14.1. The Morgan fingerprint density at radius 3 is 2.38 bits per heavy atom. The quantitative estimate of drug-likeness (QED) is 0.411. The molecule has 4 aliphatic rings. The van der Waals surface area contributed by atoms with Crippen molar-refractivity contribution in [3.63, 3.8) is 0 Å². The summed E-state index contributed by atoms with van der Waals surface area (Å²) in [6.07, 6.45) is 1.53. The van der Waals surface area contributed by atoms with Crippen LogP contribution < -0.4 is 0 Å². The molecule has 3 saturated carbocycles. The van der Waals surface area contributed by atoms with Gasteiger partial charge in [0.25, 0.3) is 0 Å². The Kier molecular flexibility index (Phi) is 6.22. The minimum Gasteiger partial charge on any atom is -0.390 e. The molecule has 34 heavy (non-hydrogen) atoms. The van der Waals surface area contributed by atoms with Crippen molar-refractivity contribution in [1.29, 1.82) is 0 Å². The lowest BCUT2D eigenvalue weighted by Gasteiger charge is -2.60. The van der Waals surface area contributed by atoms with Crippen molar-refractivity contribution in [2.75, 3.05) is 0 Å². The fourth-order valence-corrected chi connectivity index (χ4v) is 8.31. The number of fused-ring (bicyclic) bond motifs is 5. The molecule has 3 fully saturated rings. The van der Waals surface area contributed by atoms with Gasteiger partial charge in [0.2, 0.25) is 0 Å². The number of halogens is 1. The lowest BCUT2D eigenvalue weighted by Crippen LogP contribution is -2.62.